The van der Waals surface area contributed by atoms with Crippen LogP contribution in [0.3, 0.4) is 0 Å². The minimum Gasteiger partial charge on any atom is -0.436 e. The first-order chi connectivity index (χ1) is 18.3. The van der Waals surface area contributed by atoms with Crippen LogP contribution < -0.4 is 15.5 Å². The second-order valence-electron chi connectivity index (χ2n) is 8.65. The first-order valence-corrected chi connectivity index (χ1v) is 12.5. The molecule has 0 unspecified atom stereocenters. The lowest BCUT2D eigenvalue weighted by Crippen LogP contribution is -2.37. The Morgan fingerprint density at radius 3 is 2.66 bits per heavy atom. The number of nitrogens with zero attached hydrogens (tertiary/aromatic N) is 3. The lowest BCUT2D eigenvalue weighted by atomic mass is 10.1. The predicted octanol–water partition coefficient (Wildman–Crippen LogP) is 5.33. The zero-order chi connectivity index (χ0) is 26.8. The molecule has 1 aromatic heterocycles. The lowest BCUT2D eigenvalue weighted by Gasteiger charge is -2.28. The van der Waals surface area contributed by atoms with Crippen LogP contribution in [0.25, 0.3) is 22.6 Å². The number of thiocarbonyl (C=S) groups is 1. The van der Waals surface area contributed by atoms with Crippen molar-refractivity contribution in [3.8, 4) is 11.5 Å². The molecule has 0 radical (unpaired) electrons. The number of hydrogen-bond donors (Lipinski definition) is 2. The molecular formula is C26H22ClN5O5S. The van der Waals surface area contributed by atoms with E-state index in [1.54, 1.807) is 24.3 Å². The van der Waals surface area contributed by atoms with Crippen LogP contribution in [-0.4, -0.2) is 47.2 Å². The maximum absolute atomic E-state index is 12.8. The number of aromatic nitrogens is 1. The van der Waals surface area contributed by atoms with Crippen LogP contribution in [0.5, 0.6) is 0 Å². The van der Waals surface area contributed by atoms with Crippen LogP contribution in [0.15, 0.2) is 59.0 Å². The number of carbonyl (C=O) groups is 1. The highest BCUT2D eigenvalue weighted by molar-refractivity contribution is 7.80. The third-order valence-electron chi connectivity index (χ3n) is 6.01. The lowest BCUT2D eigenvalue weighted by molar-refractivity contribution is -0.384. The number of nitro groups is 1. The third-order valence-corrected chi connectivity index (χ3v) is 6.53. The van der Waals surface area contributed by atoms with E-state index in [1.807, 2.05) is 30.0 Å². The molecule has 2 N–H and O–H groups in total. The van der Waals surface area contributed by atoms with Crippen molar-refractivity contribution < 1.29 is 18.9 Å². The number of nitro benzene ring substituents is 1. The zero-order valence-electron chi connectivity index (χ0n) is 20.2. The third kappa shape index (κ3) is 5.44. The SMILES string of the molecule is Cc1ccc(-c2nc3cc(NC(=S)NC(=O)c4ccc(N5CCOCC5)c([N+](=O)[O-])c4)ccc3o2)c(Cl)c1. The van der Waals surface area contributed by atoms with E-state index in [4.69, 9.17) is 33.0 Å². The Balaban J connectivity index is 1.29. The highest BCUT2D eigenvalue weighted by Gasteiger charge is 2.23. The minimum atomic E-state index is -0.571. The van der Waals surface area contributed by atoms with Crippen molar-refractivity contribution in [2.24, 2.45) is 0 Å². The number of morpholine rings is 1. The summed E-state index contributed by atoms with van der Waals surface area (Å²) in [5.74, 6) is -0.182. The maximum Gasteiger partial charge on any atom is 0.293 e. The molecule has 4 aromatic rings. The largest absolute Gasteiger partial charge is 0.436 e. The van der Waals surface area contributed by atoms with Crippen LogP contribution in [0.2, 0.25) is 5.02 Å². The van der Waals surface area contributed by atoms with Gasteiger partial charge in [-0.1, -0.05) is 17.7 Å². The number of halogens is 1. The number of carbonyl (C=O) groups excluding carboxylic acids is 1. The first kappa shape index (κ1) is 25.6. The molecule has 0 spiro atoms. The van der Waals surface area contributed by atoms with Crippen LogP contribution in [-0.2, 0) is 4.74 Å². The van der Waals surface area contributed by atoms with E-state index >= 15 is 0 Å². The van der Waals surface area contributed by atoms with Gasteiger partial charge in [0.25, 0.3) is 11.6 Å². The fourth-order valence-electron chi connectivity index (χ4n) is 4.13. The summed E-state index contributed by atoms with van der Waals surface area (Å²) in [6, 6.07) is 15.2. The van der Waals surface area contributed by atoms with Gasteiger partial charge in [0, 0.05) is 30.4 Å². The van der Waals surface area contributed by atoms with E-state index in [1.165, 1.54) is 12.1 Å². The minimum absolute atomic E-state index is 0.0274. The Bertz CT molecular complexity index is 1570. The number of benzene rings is 3. The smallest absolute Gasteiger partial charge is 0.293 e. The van der Waals surface area contributed by atoms with Crippen LogP contribution in [0.4, 0.5) is 17.1 Å². The summed E-state index contributed by atoms with van der Waals surface area (Å²) >= 11 is 11.6. The van der Waals surface area contributed by atoms with Crippen molar-refractivity contribution in [2.45, 2.75) is 6.92 Å². The van der Waals surface area contributed by atoms with Gasteiger partial charge in [0.2, 0.25) is 5.89 Å². The fraction of sp³-hybridized carbons (Fsp3) is 0.192. The summed E-state index contributed by atoms with van der Waals surface area (Å²) in [6.07, 6.45) is 0. The average molecular weight is 552 g/mol. The Hall–Kier alpha value is -4.06. The standard InChI is InChI=1S/C26H22ClN5O5S/c1-15-2-5-18(19(27)12-15)25-29-20-14-17(4-7-23(20)37-25)28-26(38)30-24(33)16-3-6-21(22(13-16)32(34)35)31-8-10-36-11-9-31/h2-7,12-14H,8-11H2,1H3,(H2,28,30,33,38). The normalized spacial score (nSPS) is 13.4. The van der Waals surface area contributed by atoms with E-state index in [-0.39, 0.29) is 16.4 Å². The van der Waals surface area contributed by atoms with Crippen molar-refractivity contribution >= 4 is 63.0 Å². The van der Waals surface area contributed by atoms with E-state index in [0.29, 0.717) is 65.3 Å². The van der Waals surface area contributed by atoms with Gasteiger partial charge in [0.1, 0.15) is 11.2 Å². The molecule has 38 heavy (non-hydrogen) atoms. The van der Waals surface area contributed by atoms with Crippen LogP contribution >= 0.6 is 23.8 Å². The number of hydrogen-bond acceptors (Lipinski definition) is 8. The Kier molecular flexibility index (Phi) is 7.23. The molecule has 12 heteroatoms. The van der Waals surface area contributed by atoms with Gasteiger partial charge in [-0.3, -0.25) is 20.2 Å². The van der Waals surface area contributed by atoms with Crippen molar-refractivity contribution in [1.29, 1.82) is 0 Å². The molecule has 0 aliphatic carbocycles. The molecule has 1 aliphatic heterocycles. The van der Waals surface area contributed by atoms with Crippen molar-refractivity contribution in [3.05, 3.63) is 80.9 Å². The van der Waals surface area contributed by atoms with E-state index in [2.05, 4.69) is 15.6 Å². The number of fused-ring (bicyclic) bond motifs is 1. The summed E-state index contributed by atoms with van der Waals surface area (Å²) in [7, 11) is 0. The topological polar surface area (TPSA) is 123 Å². The molecule has 1 amide bonds. The van der Waals surface area contributed by atoms with Gasteiger partial charge in [-0.05, 0) is 67.2 Å². The predicted molar refractivity (Wildman–Crippen MR) is 149 cm³/mol. The van der Waals surface area contributed by atoms with Gasteiger partial charge >= 0.3 is 0 Å². The van der Waals surface area contributed by atoms with Crippen LogP contribution in [0, 0.1) is 17.0 Å². The number of anilines is 2. The van der Waals surface area contributed by atoms with Crippen molar-refractivity contribution in [2.75, 3.05) is 36.5 Å². The summed E-state index contributed by atoms with van der Waals surface area (Å²) < 4.78 is 11.2. The molecule has 3 aromatic carbocycles. The molecule has 10 nitrogen and oxygen atoms in total. The number of aryl methyl sites for hydroxylation is 1. The highest BCUT2D eigenvalue weighted by atomic mass is 35.5. The second-order valence-corrected chi connectivity index (χ2v) is 9.47. The second kappa shape index (κ2) is 10.7. The number of ether oxygens (including phenoxy) is 1. The monoisotopic (exact) mass is 551 g/mol. The molecule has 1 fully saturated rings. The van der Waals surface area contributed by atoms with Crippen LogP contribution in [0.1, 0.15) is 15.9 Å². The van der Waals surface area contributed by atoms with Gasteiger partial charge < -0.3 is 19.4 Å². The van der Waals surface area contributed by atoms with Gasteiger partial charge in [-0.25, -0.2) is 4.98 Å². The first-order valence-electron chi connectivity index (χ1n) is 11.7. The fourth-order valence-corrected chi connectivity index (χ4v) is 4.66. The number of amides is 1. The van der Waals surface area contributed by atoms with E-state index < -0.39 is 10.8 Å². The van der Waals surface area contributed by atoms with Gasteiger partial charge in [-0.2, -0.15) is 0 Å². The van der Waals surface area contributed by atoms with E-state index in [9.17, 15) is 14.9 Å². The summed E-state index contributed by atoms with van der Waals surface area (Å²) in [5.41, 5.74) is 3.83. The summed E-state index contributed by atoms with van der Waals surface area (Å²) in [4.78, 5) is 30.4. The number of rotatable bonds is 5. The molecule has 1 aliphatic rings. The molecule has 0 atom stereocenters. The Morgan fingerprint density at radius 1 is 1.13 bits per heavy atom. The number of oxazole rings is 1. The molecular weight excluding hydrogens is 530 g/mol. The molecule has 0 bridgehead atoms. The average Bonchev–Trinajstić information content (AvgIpc) is 3.31. The molecule has 2 heterocycles. The Morgan fingerprint density at radius 2 is 1.92 bits per heavy atom. The number of nitrogens with one attached hydrogen (secondary N) is 2. The van der Waals surface area contributed by atoms with E-state index in [0.717, 1.165) is 5.56 Å². The Labute approximate surface area is 227 Å². The molecule has 0 saturated carbocycles. The van der Waals surface area contributed by atoms with Gasteiger partial charge in [0.05, 0.1) is 28.7 Å². The van der Waals surface area contributed by atoms with Crippen molar-refractivity contribution in [1.82, 2.24) is 10.3 Å². The molecule has 1 saturated heterocycles. The molecule has 194 valence electrons. The molecule has 5 rings (SSSR count). The quantitative estimate of drug-likeness (QED) is 0.192. The maximum atomic E-state index is 12.8. The summed E-state index contributed by atoms with van der Waals surface area (Å²) in [6.45, 7) is 4.00. The van der Waals surface area contributed by atoms with Gasteiger partial charge in [-0.15, -0.1) is 0 Å². The summed E-state index contributed by atoms with van der Waals surface area (Å²) in [5, 5.41) is 17.8. The zero-order valence-corrected chi connectivity index (χ0v) is 21.8. The van der Waals surface area contributed by atoms with Gasteiger partial charge in [0.15, 0.2) is 10.7 Å². The highest BCUT2D eigenvalue weighted by Crippen LogP contribution is 2.32. The van der Waals surface area contributed by atoms with Crippen molar-refractivity contribution in [3.63, 3.8) is 0 Å².